The molecule has 0 unspecified atom stereocenters. The van der Waals surface area contributed by atoms with Gasteiger partial charge >= 0.3 is 0 Å². The predicted octanol–water partition coefficient (Wildman–Crippen LogP) is 6.68. The second-order valence-electron chi connectivity index (χ2n) is 12.6. The van der Waals surface area contributed by atoms with Crippen molar-refractivity contribution in [1.82, 2.24) is 29.6 Å². The van der Waals surface area contributed by atoms with E-state index in [2.05, 4.69) is 59.8 Å². The van der Waals surface area contributed by atoms with Gasteiger partial charge < -0.3 is 20.1 Å². The summed E-state index contributed by atoms with van der Waals surface area (Å²) in [7, 11) is 4.92. The molecule has 0 spiro atoms. The zero-order chi connectivity index (χ0) is 36.7. The lowest BCUT2D eigenvalue weighted by atomic mass is 10.1. The van der Waals surface area contributed by atoms with Crippen molar-refractivity contribution in [3.05, 3.63) is 144 Å². The van der Waals surface area contributed by atoms with Gasteiger partial charge in [0.15, 0.2) is 11.5 Å². The molecule has 12 nitrogen and oxygen atoms in total. The van der Waals surface area contributed by atoms with Gasteiger partial charge in [0.25, 0.3) is 11.8 Å². The van der Waals surface area contributed by atoms with Crippen LogP contribution in [0.3, 0.4) is 0 Å². The molecule has 0 aliphatic heterocycles. The molecule has 7 aromatic rings. The Hall–Kier alpha value is -6.66. The van der Waals surface area contributed by atoms with Gasteiger partial charge in [-0.3, -0.25) is 29.1 Å². The summed E-state index contributed by atoms with van der Waals surface area (Å²) in [5.74, 6) is -0.271. The number of hydrogen-bond donors (Lipinski definition) is 2. The minimum atomic E-state index is -0.524. The van der Waals surface area contributed by atoms with Gasteiger partial charge in [-0.15, -0.1) is 0 Å². The molecule has 3 aromatic heterocycles. The van der Waals surface area contributed by atoms with Crippen LogP contribution in [0.25, 0.3) is 21.9 Å². The highest BCUT2D eigenvalue weighted by atomic mass is 16.5. The highest BCUT2D eigenvalue weighted by molar-refractivity contribution is 6.12. The number of carbonyl (C=O) groups excluding carboxylic acids is 2. The Morgan fingerprint density at radius 2 is 1.51 bits per heavy atom. The topological polar surface area (TPSA) is 136 Å². The van der Waals surface area contributed by atoms with Crippen LogP contribution in [0.1, 0.15) is 37.5 Å². The van der Waals surface area contributed by atoms with Gasteiger partial charge in [0, 0.05) is 56.2 Å². The van der Waals surface area contributed by atoms with Crippen LogP contribution < -0.4 is 20.1 Å². The average Bonchev–Trinajstić information content (AvgIpc) is 3.56. The number of hydrogen-bond acceptors (Lipinski definition) is 9. The monoisotopic (exact) mass is 706 g/mol. The fourth-order valence-electron chi connectivity index (χ4n) is 6.20. The maximum atomic E-state index is 13.7. The van der Waals surface area contributed by atoms with Gasteiger partial charge in [-0.05, 0) is 71.6 Å². The van der Waals surface area contributed by atoms with E-state index in [1.165, 1.54) is 32.0 Å². The molecule has 2 amide bonds. The number of rotatable bonds is 13. The third-order valence-electron chi connectivity index (χ3n) is 8.97. The molecule has 0 atom stereocenters. The number of pyridine rings is 1. The maximum Gasteiger partial charge on any atom is 0.275 e. The highest BCUT2D eigenvalue weighted by Gasteiger charge is 2.21. The summed E-state index contributed by atoms with van der Waals surface area (Å²) in [4.78, 5) is 42.5. The van der Waals surface area contributed by atoms with Crippen LogP contribution in [0.5, 0.6) is 11.5 Å². The first kappa shape index (κ1) is 34.8. The summed E-state index contributed by atoms with van der Waals surface area (Å²) in [6.07, 6.45) is 7.79. The zero-order valence-corrected chi connectivity index (χ0v) is 29.6. The van der Waals surface area contributed by atoms with Crippen molar-refractivity contribution in [3.63, 3.8) is 0 Å². The minimum absolute atomic E-state index is 0.106. The number of fused-ring (bicyclic) bond motifs is 2. The average molecular weight is 707 g/mol. The number of aryl methyl sites for hydroxylation is 1. The Balaban J connectivity index is 1.05. The third-order valence-corrected chi connectivity index (χ3v) is 8.97. The lowest BCUT2D eigenvalue weighted by molar-refractivity contribution is 0.102. The van der Waals surface area contributed by atoms with Crippen LogP contribution in [-0.4, -0.2) is 62.2 Å². The number of ether oxygens (including phenoxy) is 2. The number of amides is 2. The van der Waals surface area contributed by atoms with Crippen LogP contribution in [0.4, 0.5) is 11.4 Å². The highest BCUT2D eigenvalue weighted by Crippen LogP contribution is 2.34. The molecule has 0 aliphatic rings. The quantitative estimate of drug-likeness (QED) is 0.135. The van der Waals surface area contributed by atoms with E-state index in [1.54, 1.807) is 18.3 Å². The summed E-state index contributed by atoms with van der Waals surface area (Å²) >= 11 is 0. The van der Waals surface area contributed by atoms with E-state index in [4.69, 9.17) is 9.47 Å². The molecule has 0 radical (unpaired) electrons. The van der Waals surface area contributed by atoms with E-state index >= 15 is 0 Å². The van der Waals surface area contributed by atoms with E-state index < -0.39 is 11.8 Å². The number of para-hydroxylation sites is 2. The molecule has 12 heteroatoms. The minimum Gasteiger partial charge on any atom is -0.493 e. The van der Waals surface area contributed by atoms with Crippen LogP contribution in [0, 0.1) is 0 Å². The molecule has 0 aliphatic carbocycles. The maximum absolute atomic E-state index is 13.7. The smallest absolute Gasteiger partial charge is 0.275 e. The molecule has 4 aromatic carbocycles. The zero-order valence-electron chi connectivity index (χ0n) is 29.6. The summed E-state index contributed by atoms with van der Waals surface area (Å²) < 4.78 is 12.8. The number of aromatic nitrogens is 5. The van der Waals surface area contributed by atoms with E-state index in [0.29, 0.717) is 28.2 Å². The predicted molar refractivity (Wildman–Crippen MR) is 204 cm³/mol. The van der Waals surface area contributed by atoms with Gasteiger partial charge in [-0.1, -0.05) is 36.4 Å². The van der Waals surface area contributed by atoms with E-state index in [9.17, 15) is 9.59 Å². The normalized spacial score (nSPS) is 11.2. The molecule has 2 N–H and O–H groups in total. The van der Waals surface area contributed by atoms with Crippen molar-refractivity contribution >= 4 is 45.1 Å². The number of nitrogens with one attached hydrogen (secondary N) is 2. The van der Waals surface area contributed by atoms with Crippen LogP contribution in [-0.2, 0) is 26.6 Å². The van der Waals surface area contributed by atoms with E-state index in [1.807, 2.05) is 72.7 Å². The second-order valence-corrected chi connectivity index (χ2v) is 12.6. The van der Waals surface area contributed by atoms with Gasteiger partial charge in [-0.25, -0.2) is 4.98 Å². The number of methoxy groups -OCH3 is 2. The molecular formula is C41H38N8O4. The first-order valence-electron chi connectivity index (χ1n) is 17.1. The van der Waals surface area contributed by atoms with Crippen LogP contribution in [0.2, 0.25) is 0 Å². The molecule has 3 heterocycles. The molecule has 53 heavy (non-hydrogen) atoms. The van der Waals surface area contributed by atoms with E-state index in [0.717, 1.165) is 48.1 Å². The molecule has 0 bridgehead atoms. The molecule has 266 valence electrons. The van der Waals surface area contributed by atoms with E-state index in [-0.39, 0.29) is 16.9 Å². The number of carbonyl (C=O) groups is 2. The Labute approximate surface area is 306 Å². The largest absolute Gasteiger partial charge is 0.493 e. The SMILES string of the molecule is COc1cc(NC(=O)c2cnc3ccccc3n2)c(C(=O)Nc2ccc(CCN(Cc3cccnc3)Cc3ccc4c(cnn4C)c3)cc2)cc1OC. The number of benzene rings is 4. The lowest BCUT2D eigenvalue weighted by Crippen LogP contribution is -2.25. The van der Waals surface area contributed by atoms with Crippen molar-refractivity contribution in [2.45, 2.75) is 19.5 Å². The van der Waals surface area contributed by atoms with Crippen molar-refractivity contribution < 1.29 is 19.1 Å². The lowest BCUT2D eigenvalue weighted by Gasteiger charge is -2.23. The first-order chi connectivity index (χ1) is 25.9. The Morgan fingerprint density at radius 1 is 0.755 bits per heavy atom. The van der Waals surface area contributed by atoms with Gasteiger partial charge in [0.2, 0.25) is 0 Å². The van der Waals surface area contributed by atoms with Gasteiger partial charge in [0.05, 0.1) is 54.4 Å². The summed E-state index contributed by atoms with van der Waals surface area (Å²) in [6.45, 7) is 2.33. The van der Waals surface area contributed by atoms with Crippen molar-refractivity contribution in [1.29, 1.82) is 0 Å². The van der Waals surface area contributed by atoms with Crippen molar-refractivity contribution in [2.24, 2.45) is 7.05 Å². The third kappa shape index (κ3) is 8.13. The standard InChI is InChI=1S/C41H38N8O4/c1-48-37-15-12-28(19-30(37)23-44-48)25-49(26-29-7-6-17-42-22-29)18-16-27-10-13-31(14-11-27)45-40(50)32-20-38(52-2)39(53-3)21-35(32)47-41(51)36-24-43-33-8-4-5-9-34(33)46-36/h4-15,17,19-24H,16,18,25-26H2,1-3H3,(H,45,50)(H,47,51). The molecular weight excluding hydrogens is 669 g/mol. The fourth-order valence-corrected chi connectivity index (χ4v) is 6.20. The van der Waals surface area contributed by atoms with Gasteiger partial charge in [0.1, 0.15) is 5.69 Å². The van der Waals surface area contributed by atoms with Crippen LogP contribution in [0.15, 0.2) is 116 Å². The number of anilines is 2. The van der Waals surface area contributed by atoms with Gasteiger partial charge in [-0.2, -0.15) is 5.10 Å². The Morgan fingerprint density at radius 3 is 2.28 bits per heavy atom. The van der Waals surface area contributed by atoms with Crippen molar-refractivity contribution in [2.75, 3.05) is 31.4 Å². The van der Waals surface area contributed by atoms with Crippen molar-refractivity contribution in [3.8, 4) is 11.5 Å². The summed E-state index contributed by atoms with van der Waals surface area (Å²) in [6, 6.07) is 28.6. The first-order valence-corrected chi connectivity index (χ1v) is 17.1. The molecule has 0 fully saturated rings. The molecule has 0 saturated carbocycles. The summed E-state index contributed by atoms with van der Waals surface area (Å²) in [5.41, 5.74) is 6.95. The second kappa shape index (κ2) is 15.7. The molecule has 0 saturated heterocycles. The Kier molecular flexibility index (Phi) is 10.3. The number of nitrogens with zero attached hydrogens (tertiary/aromatic N) is 6. The summed E-state index contributed by atoms with van der Waals surface area (Å²) in [5, 5.41) is 11.3. The van der Waals surface area contributed by atoms with Crippen LogP contribution >= 0.6 is 0 Å². The fraction of sp³-hybridized carbons (Fsp3) is 0.171. The molecule has 7 rings (SSSR count). The Bertz CT molecular complexity index is 2400.